The van der Waals surface area contributed by atoms with Gasteiger partial charge in [0.25, 0.3) is 0 Å². The molecule has 0 bridgehead atoms. The van der Waals surface area contributed by atoms with Crippen molar-refractivity contribution in [3.8, 4) is 18.4 Å². The zero-order chi connectivity index (χ0) is 28.9. The lowest BCUT2D eigenvalue weighted by Crippen LogP contribution is -2.30. The summed E-state index contributed by atoms with van der Waals surface area (Å²) in [5.41, 5.74) is 11.8. The predicted octanol–water partition coefficient (Wildman–Crippen LogP) is 6.08. The number of rotatable bonds is 10. The van der Waals surface area contributed by atoms with Gasteiger partial charge in [0.1, 0.15) is 11.9 Å². The lowest BCUT2D eigenvalue weighted by molar-refractivity contribution is 0.378. The number of halogens is 1. The Morgan fingerprint density at radius 3 is 2.49 bits per heavy atom. The molecule has 2 unspecified atom stereocenters. The number of fused-ring (bicyclic) bond motifs is 1. The van der Waals surface area contributed by atoms with Gasteiger partial charge in [-0.05, 0) is 54.7 Å². The second-order valence-corrected chi connectivity index (χ2v) is 10.2. The molecule has 0 spiro atoms. The van der Waals surface area contributed by atoms with Crippen LogP contribution in [0.1, 0.15) is 60.5 Å². The molecule has 41 heavy (non-hydrogen) atoms. The molecule has 6 N–H and O–H groups in total. The molecule has 8 heteroatoms. The highest BCUT2D eigenvalue weighted by Crippen LogP contribution is 2.36. The average molecular weight is 546 g/mol. The van der Waals surface area contributed by atoms with Crippen LogP contribution >= 0.6 is 0 Å². The first-order chi connectivity index (χ1) is 19.9. The maximum Gasteiger partial charge on any atom is 0.123 e. The normalized spacial score (nSPS) is 14.5. The van der Waals surface area contributed by atoms with Crippen LogP contribution in [0.2, 0.25) is 0 Å². The van der Waals surface area contributed by atoms with Crippen molar-refractivity contribution in [2.75, 3.05) is 10.6 Å². The Morgan fingerprint density at radius 2 is 1.85 bits per heavy atom. The molecule has 0 amide bonds. The van der Waals surface area contributed by atoms with E-state index in [1.165, 1.54) is 12.1 Å². The topological polar surface area (TPSA) is 116 Å². The van der Waals surface area contributed by atoms with Crippen molar-refractivity contribution >= 4 is 22.3 Å². The number of nitrogens with two attached hydrogens (primary N) is 2. The van der Waals surface area contributed by atoms with Crippen LogP contribution in [0.15, 0.2) is 84.8 Å². The maximum absolute atomic E-state index is 13.8. The van der Waals surface area contributed by atoms with Crippen LogP contribution in [0.4, 0.5) is 15.8 Å². The number of hydrazine groups is 1. The van der Waals surface area contributed by atoms with E-state index in [0.29, 0.717) is 39.1 Å². The molecule has 1 aliphatic rings. The molecule has 5 rings (SSSR count). The molecule has 1 aromatic heterocycles. The quantitative estimate of drug-likeness (QED) is 0.108. The highest BCUT2D eigenvalue weighted by Gasteiger charge is 2.26. The minimum Gasteiger partial charge on any atom is -0.399 e. The van der Waals surface area contributed by atoms with Gasteiger partial charge in [-0.1, -0.05) is 55.3 Å². The summed E-state index contributed by atoms with van der Waals surface area (Å²) in [5, 5.41) is 19.4. The second kappa shape index (κ2) is 12.0. The van der Waals surface area contributed by atoms with Gasteiger partial charge >= 0.3 is 0 Å². The number of benzene rings is 3. The monoisotopic (exact) mass is 545 g/mol. The summed E-state index contributed by atoms with van der Waals surface area (Å²) in [5.74, 6) is 8.61. The standard InChI is InChI=1S/C33H32FN7/c1-3-21-16-26(39-33(23-10-12-25(34)13-11-23)29(36)20-41(37)27-14-15-27)17-28-31(21)38-19-24(18-35)32(28)40-30(4-2)22-8-6-5-7-9-22/h1,5-13,16-17,19-20,27,30,33,39H,4,14-15,36-37H2,2H3,(H,38,40)/b29-20-. The van der Waals surface area contributed by atoms with Crippen LogP contribution in [-0.4, -0.2) is 16.0 Å². The van der Waals surface area contributed by atoms with E-state index in [4.69, 9.17) is 18.0 Å². The molecule has 1 saturated carbocycles. The van der Waals surface area contributed by atoms with Gasteiger partial charge in [-0.15, -0.1) is 6.42 Å². The van der Waals surface area contributed by atoms with Crippen LogP contribution in [0, 0.1) is 29.5 Å². The first-order valence-electron chi connectivity index (χ1n) is 13.6. The van der Waals surface area contributed by atoms with Gasteiger partial charge in [-0.25, -0.2) is 10.2 Å². The molecular weight excluding hydrogens is 513 g/mol. The van der Waals surface area contributed by atoms with Crippen LogP contribution < -0.4 is 22.2 Å². The molecule has 206 valence electrons. The molecule has 1 fully saturated rings. The third kappa shape index (κ3) is 6.09. The number of hydrogen-bond acceptors (Lipinski definition) is 7. The lowest BCUT2D eigenvalue weighted by atomic mass is 10.00. The van der Waals surface area contributed by atoms with Gasteiger partial charge < -0.3 is 21.4 Å². The van der Waals surface area contributed by atoms with Crippen molar-refractivity contribution in [1.29, 1.82) is 5.26 Å². The molecule has 0 radical (unpaired) electrons. The number of hydrogen-bond donors (Lipinski definition) is 4. The number of aromatic nitrogens is 1. The van der Waals surface area contributed by atoms with Gasteiger partial charge in [-0.3, -0.25) is 4.98 Å². The molecule has 1 aliphatic carbocycles. The molecule has 2 atom stereocenters. The highest BCUT2D eigenvalue weighted by atomic mass is 19.1. The third-order valence-electron chi connectivity index (χ3n) is 7.29. The summed E-state index contributed by atoms with van der Waals surface area (Å²) in [4.78, 5) is 4.54. The summed E-state index contributed by atoms with van der Waals surface area (Å²) < 4.78 is 13.8. The van der Waals surface area contributed by atoms with Crippen LogP contribution in [0.3, 0.4) is 0 Å². The number of nitrogens with one attached hydrogen (secondary N) is 2. The van der Waals surface area contributed by atoms with E-state index in [9.17, 15) is 9.65 Å². The first-order valence-corrected chi connectivity index (χ1v) is 13.6. The Balaban J connectivity index is 1.60. The average Bonchev–Trinajstić information content (AvgIpc) is 3.85. The number of anilines is 2. The lowest BCUT2D eigenvalue weighted by Gasteiger charge is -2.25. The number of nitriles is 1. The van der Waals surface area contributed by atoms with Crippen molar-refractivity contribution in [2.24, 2.45) is 11.6 Å². The number of pyridine rings is 1. The maximum atomic E-state index is 13.8. The van der Waals surface area contributed by atoms with Crippen LogP contribution in [-0.2, 0) is 0 Å². The summed E-state index contributed by atoms with van der Waals surface area (Å²) in [6.45, 7) is 2.09. The Hall–Kier alpha value is -5.05. The zero-order valence-corrected chi connectivity index (χ0v) is 22.8. The van der Waals surface area contributed by atoms with Crippen molar-refractivity contribution in [2.45, 2.75) is 44.3 Å². The Kier molecular flexibility index (Phi) is 8.05. The van der Waals surface area contributed by atoms with Crippen LogP contribution in [0.25, 0.3) is 10.9 Å². The van der Waals surface area contributed by atoms with Crippen molar-refractivity contribution in [3.05, 3.63) is 113 Å². The minimum atomic E-state index is -0.528. The first kappa shape index (κ1) is 27.5. The Labute approximate surface area is 239 Å². The van der Waals surface area contributed by atoms with Gasteiger partial charge in [0.2, 0.25) is 0 Å². The molecule has 4 aromatic rings. The molecule has 0 aliphatic heterocycles. The molecule has 0 saturated heterocycles. The fourth-order valence-corrected chi connectivity index (χ4v) is 4.92. The predicted molar refractivity (Wildman–Crippen MR) is 162 cm³/mol. The Bertz CT molecular complexity index is 1650. The molecule has 7 nitrogen and oxygen atoms in total. The third-order valence-corrected chi connectivity index (χ3v) is 7.29. The summed E-state index contributed by atoms with van der Waals surface area (Å²) in [6.07, 6.45) is 12.0. The summed E-state index contributed by atoms with van der Waals surface area (Å²) >= 11 is 0. The van der Waals surface area contributed by atoms with E-state index in [1.807, 2.05) is 30.3 Å². The molecule has 1 heterocycles. The van der Waals surface area contributed by atoms with E-state index in [2.05, 4.69) is 46.7 Å². The molecule has 3 aromatic carbocycles. The van der Waals surface area contributed by atoms with Gasteiger partial charge in [0.15, 0.2) is 0 Å². The van der Waals surface area contributed by atoms with Crippen LogP contribution in [0.5, 0.6) is 0 Å². The van der Waals surface area contributed by atoms with E-state index in [-0.39, 0.29) is 17.9 Å². The zero-order valence-electron chi connectivity index (χ0n) is 22.8. The second-order valence-electron chi connectivity index (χ2n) is 10.2. The van der Waals surface area contributed by atoms with Gasteiger partial charge in [0, 0.05) is 29.5 Å². The van der Waals surface area contributed by atoms with E-state index < -0.39 is 6.04 Å². The fraction of sp³-hybridized carbons (Fsp3) is 0.212. The molecular formula is C33H32FN7. The smallest absolute Gasteiger partial charge is 0.123 e. The van der Waals surface area contributed by atoms with Gasteiger partial charge in [0.05, 0.1) is 40.1 Å². The van der Waals surface area contributed by atoms with E-state index in [1.54, 1.807) is 29.5 Å². The fourth-order valence-electron chi connectivity index (χ4n) is 4.92. The summed E-state index contributed by atoms with van der Waals surface area (Å²) in [7, 11) is 0. The van der Waals surface area contributed by atoms with E-state index in [0.717, 1.165) is 30.4 Å². The number of terminal acetylenes is 1. The van der Waals surface area contributed by atoms with E-state index >= 15 is 0 Å². The number of nitrogens with zero attached hydrogens (tertiary/aromatic N) is 3. The van der Waals surface area contributed by atoms with Crippen molar-refractivity contribution < 1.29 is 4.39 Å². The summed E-state index contributed by atoms with van der Waals surface area (Å²) in [6, 6.07) is 21.9. The minimum absolute atomic E-state index is 0.0386. The SMILES string of the molecule is C#Cc1cc(NC(/C(N)=C/N(N)C2CC2)c2ccc(F)cc2)cc2c(NC(CC)c3ccccc3)c(C#N)cnc12. The van der Waals surface area contributed by atoms with Crippen molar-refractivity contribution in [3.63, 3.8) is 0 Å². The largest absolute Gasteiger partial charge is 0.399 e. The Morgan fingerprint density at radius 1 is 1.12 bits per heavy atom. The van der Waals surface area contributed by atoms with Crippen molar-refractivity contribution in [1.82, 2.24) is 9.99 Å². The van der Waals surface area contributed by atoms with Gasteiger partial charge in [-0.2, -0.15) is 5.26 Å². The highest BCUT2D eigenvalue weighted by molar-refractivity contribution is 5.99.